The SMILES string of the molecule is CC(C)(C)C1=CC(OP(=O)(OC2(C(C)(C)C)C=C(C(C)(C)C)C=CC2)OC2(C(C)(C)C)C=C(C(C)(C)C)C=CC2)(C(C)(C)C)CC=C1. The number of hydrogen-bond donors (Lipinski definition) is 0. The molecule has 0 N–H and O–H groups in total. The van der Waals surface area contributed by atoms with Crippen molar-refractivity contribution in [3.63, 3.8) is 0 Å². The van der Waals surface area contributed by atoms with E-state index in [2.05, 4.69) is 179 Å². The summed E-state index contributed by atoms with van der Waals surface area (Å²) in [6, 6.07) is 0. The summed E-state index contributed by atoms with van der Waals surface area (Å²) in [6.07, 6.45) is 21.3. The van der Waals surface area contributed by atoms with Crippen LogP contribution in [-0.4, -0.2) is 16.8 Å². The van der Waals surface area contributed by atoms with Gasteiger partial charge in [0, 0.05) is 0 Å². The summed E-state index contributed by atoms with van der Waals surface area (Å²) in [4.78, 5) is 0. The summed E-state index contributed by atoms with van der Waals surface area (Å²) in [6.45, 7) is 39.3. The van der Waals surface area contributed by atoms with E-state index in [-0.39, 0.29) is 16.2 Å². The minimum atomic E-state index is -4.38. The molecule has 3 rings (SSSR count). The zero-order chi connectivity index (χ0) is 36.3. The maximum Gasteiger partial charge on any atom is 0.477 e. The number of allylic oxidation sites excluding steroid dienone is 6. The van der Waals surface area contributed by atoms with Crippen molar-refractivity contribution in [1.29, 1.82) is 0 Å². The Morgan fingerprint density at radius 2 is 0.660 bits per heavy atom. The summed E-state index contributed by atoms with van der Waals surface area (Å²) in [7, 11) is -4.38. The minimum absolute atomic E-state index is 0.126. The monoisotopic (exact) mass is 668 g/mol. The molecule has 0 aromatic rings. The number of rotatable bonds is 6. The maximum absolute atomic E-state index is 16.2. The maximum atomic E-state index is 16.2. The Morgan fingerprint density at radius 3 is 0.830 bits per heavy atom. The van der Waals surface area contributed by atoms with Gasteiger partial charge in [-0.25, -0.2) is 4.57 Å². The fraction of sp³-hybridized carbons (Fsp3) is 0.714. The summed E-state index contributed by atoms with van der Waals surface area (Å²) in [5, 5.41) is 0. The number of hydrogen-bond acceptors (Lipinski definition) is 4. The van der Waals surface area contributed by atoms with Crippen molar-refractivity contribution in [2.45, 2.75) is 161 Å². The van der Waals surface area contributed by atoms with Crippen LogP contribution in [0.3, 0.4) is 0 Å². The molecule has 266 valence electrons. The second-order valence-corrected chi connectivity index (χ2v) is 22.0. The molecule has 3 aliphatic rings. The first-order valence-corrected chi connectivity index (χ1v) is 19.2. The van der Waals surface area contributed by atoms with Gasteiger partial charge in [-0.2, -0.15) is 0 Å². The molecule has 0 saturated heterocycles. The smallest absolute Gasteiger partial charge is 0.275 e. The summed E-state index contributed by atoms with van der Waals surface area (Å²) < 4.78 is 37.9. The van der Waals surface area contributed by atoms with Gasteiger partial charge in [0.05, 0.1) is 0 Å². The van der Waals surface area contributed by atoms with Crippen molar-refractivity contribution in [1.82, 2.24) is 0 Å². The third-order valence-electron chi connectivity index (χ3n) is 10.6. The molecule has 0 aromatic carbocycles. The zero-order valence-corrected chi connectivity index (χ0v) is 34.3. The van der Waals surface area contributed by atoms with Gasteiger partial charge in [-0.05, 0) is 86.7 Å². The molecule has 3 atom stereocenters. The van der Waals surface area contributed by atoms with E-state index in [0.29, 0.717) is 19.3 Å². The lowest BCUT2D eigenvalue weighted by Gasteiger charge is -2.52. The molecule has 3 unspecified atom stereocenters. The minimum Gasteiger partial charge on any atom is -0.275 e. The molecule has 4 nitrogen and oxygen atoms in total. The first-order chi connectivity index (χ1) is 20.8. The second kappa shape index (κ2) is 12.4. The van der Waals surface area contributed by atoms with Gasteiger partial charge in [-0.1, -0.05) is 161 Å². The molecule has 0 heterocycles. The van der Waals surface area contributed by atoms with Crippen LogP contribution in [0.1, 0.15) is 144 Å². The van der Waals surface area contributed by atoms with Crippen LogP contribution in [0, 0.1) is 32.5 Å². The average molecular weight is 669 g/mol. The first kappa shape index (κ1) is 40.0. The number of phosphoric acid groups is 1. The van der Waals surface area contributed by atoms with E-state index < -0.39 is 40.9 Å². The second-order valence-electron chi connectivity index (χ2n) is 20.5. The standard InChI is InChI=1S/C42H69O4P/c1-34(2,3)31-22-19-25-40(28-31,37(10,11)12)44-47(43,45-41(38(13,14)15)26-20-23-32(29-41)35(4,5)6)46-42(39(16,17)18)27-21-24-33(30-42)36(7,8)9/h19-24,28-30H,25-27H2,1-18H3. The van der Waals surface area contributed by atoms with E-state index in [1.807, 2.05) is 0 Å². The highest BCUT2D eigenvalue weighted by Crippen LogP contribution is 2.67. The molecule has 0 aliphatic heterocycles. The number of phosphoric ester groups is 1. The molecular weight excluding hydrogens is 599 g/mol. The molecule has 0 fully saturated rings. The Bertz CT molecular complexity index is 1240. The molecule has 3 aliphatic carbocycles. The predicted molar refractivity (Wildman–Crippen MR) is 201 cm³/mol. The van der Waals surface area contributed by atoms with E-state index in [4.69, 9.17) is 13.6 Å². The van der Waals surface area contributed by atoms with Crippen LogP contribution in [0.4, 0.5) is 0 Å². The summed E-state index contributed by atoms with van der Waals surface area (Å²) in [5.74, 6) is 0. The van der Waals surface area contributed by atoms with Crippen LogP contribution in [-0.2, 0) is 18.1 Å². The van der Waals surface area contributed by atoms with E-state index in [1.165, 1.54) is 0 Å². The molecule has 0 radical (unpaired) electrons. The van der Waals surface area contributed by atoms with E-state index >= 15 is 4.57 Å². The molecule has 5 heteroatoms. The van der Waals surface area contributed by atoms with Gasteiger partial charge in [0.2, 0.25) is 0 Å². The molecule has 0 aromatic heterocycles. The highest BCUT2D eigenvalue weighted by molar-refractivity contribution is 7.48. The lowest BCUT2D eigenvalue weighted by molar-refractivity contribution is -0.103. The van der Waals surface area contributed by atoms with Crippen molar-refractivity contribution in [2.24, 2.45) is 32.5 Å². The van der Waals surface area contributed by atoms with Crippen molar-refractivity contribution < 1.29 is 18.1 Å². The van der Waals surface area contributed by atoms with E-state index in [0.717, 1.165) is 16.7 Å². The van der Waals surface area contributed by atoms with Gasteiger partial charge >= 0.3 is 7.82 Å². The predicted octanol–water partition coefficient (Wildman–Crippen LogP) is 13.3. The molecule has 0 amide bonds. The zero-order valence-electron chi connectivity index (χ0n) is 33.4. The fourth-order valence-corrected chi connectivity index (χ4v) is 8.89. The Hall–Kier alpha value is -1.45. The topological polar surface area (TPSA) is 44.8 Å². The van der Waals surface area contributed by atoms with Gasteiger partial charge in [-0.3, -0.25) is 13.6 Å². The molecule has 47 heavy (non-hydrogen) atoms. The van der Waals surface area contributed by atoms with Gasteiger partial charge in [-0.15, -0.1) is 0 Å². The van der Waals surface area contributed by atoms with Crippen LogP contribution in [0.25, 0.3) is 0 Å². The Kier molecular flexibility index (Phi) is 10.5. The largest absolute Gasteiger partial charge is 0.477 e. The molecular formula is C42H69O4P. The van der Waals surface area contributed by atoms with Crippen molar-refractivity contribution in [3.05, 3.63) is 71.4 Å². The van der Waals surface area contributed by atoms with Crippen molar-refractivity contribution in [3.8, 4) is 0 Å². The van der Waals surface area contributed by atoms with Gasteiger partial charge in [0.25, 0.3) is 0 Å². The Morgan fingerprint density at radius 1 is 0.447 bits per heavy atom. The quantitative estimate of drug-likeness (QED) is 0.264. The van der Waals surface area contributed by atoms with Gasteiger partial charge in [0.1, 0.15) is 16.8 Å². The van der Waals surface area contributed by atoms with Crippen molar-refractivity contribution in [2.75, 3.05) is 0 Å². The third kappa shape index (κ3) is 8.48. The highest BCUT2D eigenvalue weighted by Gasteiger charge is 2.58. The fourth-order valence-electron chi connectivity index (χ4n) is 6.38. The van der Waals surface area contributed by atoms with Gasteiger partial charge in [0.15, 0.2) is 0 Å². The van der Waals surface area contributed by atoms with Gasteiger partial charge < -0.3 is 0 Å². The lowest BCUT2D eigenvalue weighted by atomic mass is 9.69. The third-order valence-corrected chi connectivity index (χ3v) is 12.2. The van der Waals surface area contributed by atoms with Crippen LogP contribution in [0.15, 0.2) is 71.4 Å². The van der Waals surface area contributed by atoms with Crippen LogP contribution < -0.4 is 0 Å². The van der Waals surface area contributed by atoms with Crippen LogP contribution in [0.5, 0.6) is 0 Å². The van der Waals surface area contributed by atoms with E-state index in [1.54, 1.807) is 0 Å². The molecule has 0 saturated carbocycles. The molecule has 0 spiro atoms. The van der Waals surface area contributed by atoms with E-state index in [9.17, 15) is 0 Å². The Balaban J connectivity index is 2.39. The van der Waals surface area contributed by atoms with Crippen LogP contribution >= 0.6 is 7.82 Å². The summed E-state index contributed by atoms with van der Waals surface area (Å²) >= 11 is 0. The molecule has 0 bridgehead atoms. The Labute approximate surface area is 289 Å². The average Bonchev–Trinajstić information content (AvgIpc) is 2.85. The normalized spacial score (nSPS) is 29.3. The highest BCUT2D eigenvalue weighted by atomic mass is 31.2. The lowest BCUT2D eigenvalue weighted by Crippen LogP contribution is -2.50. The first-order valence-electron chi connectivity index (χ1n) is 17.7. The van der Waals surface area contributed by atoms with Crippen molar-refractivity contribution >= 4 is 7.82 Å². The van der Waals surface area contributed by atoms with Crippen LogP contribution in [0.2, 0.25) is 0 Å². The summed E-state index contributed by atoms with van der Waals surface area (Å²) in [5.41, 5.74) is -1.07.